The molecule has 0 aliphatic carbocycles. The highest BCUT2D eigenvalue weighted by atomic mass is 19.1. The number of fused-ring (bicyclic) bond motifs is 1. The van der Waals surface area contributed by atoms with E-state index in [4.69, 9.17) is 14.0 Å². The smallest absolute Gasteiger partial charge is 0.265 e. The van der Waals surface area contributed by atoms with Crippen molar-refractivity contribution in [2.24, 2.45) is 0 Å². The number of nitrogens with zero attached hydrogens (tertiary/aromatic N) is 4. The summed E-state index contributed by atoms with van der Waals surface area (Å²) in [6.07, 6.45) is 4.37. The Hall–Kier alpha value is -3.00. The van der Waals surface area contributed by atoms with Gasteiger partial charge in [0.2, 0.25) is 11.5 Å². The van der Waals surface area contributed by atoms with Crippen LogP contribution in [0.4, 0.5) is 4.39 Å². The molecule has 5 rings (SSSR count). The molecule has 0 N–H and O–H groups in total. The number of hydrogen-bond acceptors (Lipinski definition) is 7. The molecule has 3 aromatic rings. The lowest BCUT2D eigenvalue weighted by atomic mass is 9.94. The lowest BCUT2D eigenvalue weighted by Gasteiger charge is -2.35. The Labute approximate surface area is 167 Å². The highest BCUT2D eigenvalue weighted by molar-refractivity contribution is 5.52. The molecule has 0 spiro atoms. The zero-order valence-corrected chi connectivity index (χ0v) is 15.9. The summed E-state index contributed by atoms with van der Waals surface area (Å²) in [5, 5.41) is 3.95. The molecule has 2 aliphatic heterocycles. The summed E-state index contributed by atoms with van der Waals surface area (Å²) in [4.78, 5) is 10.4. The average molecular weight is 396 g/mol. The number of piperidine rings is 1. The van der Waals surface area contributed by atoms with Crippen molar-refractivity contribution in [3.8, 4) is 22.9 Å². The van der Waals surface area contributed by atoms with Gasteiger partial charge in [-0.05, 0) is 49.2 Å². The van der Waals surface area contributed by atoms with Crippen LogP contribution in [0.15, 0.2) is 47.2 Å². The molecule has 2 aliphatic rings. The van der Waals surface area contributed by atoms with Gasteiger partial charge in [0.25, 0.3) is 5.89 Å². The molecular formula is C21H21FN4O3. The third-order valence-electron chi connectivity index (χ3n) is 5.26. The van der Waals surface area contributed by atoms with E-state index in [1.807, 2.05) is 24.3 Å². The molecule has 2 aromatic heterocycles. The molecule has 1 unspecified atom stereocenters. The number of likely N-dealkylation sites (tertiary alicyclic amines) is 1. The first-order valence-corrected chi connectivity index (χ1v) is 9.74. The second-order valence-corrected chi connectivity index (χ2v) is 7.42. The highest BCUT2D eigenvalue weighted by Gasteiger charge is 2.42. The van der Waals surface area contributed by atoms with Gasteiger partial charge >= 0.3 is 0 Å². The van der Waals surface area contributed by atoms with Crippen LogP contribution in [0, 0.1) is 0 Å². The van der Waals surface area contributed by atoms with Crippen LogP contribution >= 0.6 is 0 Å². The molecule has 0 amide bonds. The van der Waals surface area contributed by atoms with Gasteiger partial charge < -0.3 is 14.0 Å². The second-order valence-electron chi connectivity index (χ2n) is 7.42. The van der Waals surface area contributed by atoms with Gasteiger partial charge in [-0.3, -0.25) is 9.88 Å². The van der Waals surface area contributed by atoms with Crippen molar-refractivity contribution in [3.63, 3.8) is 0 Å². The monoisotopic (exact) mass is 396 g/mol. The van der Waals surface area contributed by atoms with Crippen molar-refractivity contribution in [1.29, 1.82) is 0 Å². The minimum absolute atomic E-state index is 0.0308. The fraction of sp³-hybridized carbons (Fsp3) is 0.381. The zero-order chi connectivity index (χ0) is 19.7. The van der Waals surface area contributed by atoms with E-state index in [0.29, 0.717) is 44.0 Å². The molecule has 1 saturated heterocycles. The zero-order valence-electron chi connectivity index (χ0n) is 15.9. The lowest BCUT2D eigenvalue weighted by Crippen LogP contribution is -2.43. The molecule has 4 heterocycles. The van der Waals surface area contributed by atoms with Crippen molar-refractivity contribution >= 4 is 0 Å². The van der Waals surface area contributed by atoms with E-state index >= 15 is 4.39 Å². The normalized spacial score (nSPS) is 21.8. The minimum atomic E-state index is -1.67. The summed E-state index contributed by atoms with van der Waals surface area (Å²) in [5.74, 6) is 1.89. The quantitative estimate of drug-likeness (QED) is 0.669. The van der Waals surface area contributed by atoms with Crippen LogP contribution in [0.1, 0.15) is 24.3 Å². The molecule has 8 heteroatoms. The Balaban J connectivity index is 1.32. The Morgan fingerprint density at radius 3 is 2.90 bits per heavy atom. The number of benzene rings is 1. The standard InChI is InChI=1S/C21H21FN4O3/c22-21(20-24-19(25-29-20)16-3-1-7-23-12-16)6-2-8-26(14-21)13-15-4-5-17-18(11-15)28-10-9-27-17/h1,3-5,7,11-12H,2,6,8-10,13-14H2. The SMILES string of the molecule is FC1(c2nc(-c3cccnc3)no2)CCCN(Cc2ccc3c(c2)OCCO3)C1. The molecule has 1 atom stereocenters. The molecule has 0 radical (unpaired) electrons. The minimum Gasteiger partial charge on any atom is -0.486 e. The second kappa shape index (κ2) is 7.44. The van der Waals surface area contributed by atoms with Crippen molar-refractivity contribution in [1.82, 2.24) is 20.0 Å². The van der Waals surface area contributed by atoms with Gasteiger partial charge in [-0.15, -0.1) is 0 Å². The number of pyridine rings is 1. The first-order chi connectivity index (χ1) is 14.2. The first kappa shape index (κ1) is 18.1. The highest BCUT2D eigenvalue weighted by Crippen LogP contribution is 2.37. The predicted octanol–water partition coefficient (Wildman–Crippen LogP) is 3.36. The predicted molar refractivity (Wildman–Crippen MR) is 102 cm³/mol. The average Bonchev–Trinajstić information content (AvgIpc) is 3.26. The Morgan fingerprint density at radius 2 is 2.03 bits per heavy atom. The maximum Gasteiger partial charge on any atom is 0.265 e. The third-order valence-corrected chi connectivity index (χ3v) is 5.26. The summed E-state index contributed by atoms with van der Waals surface area (Å²) >= 11 is 0. The number of hydrogen-bond donors (Lipinski definition) is 0. The van der Waals surface area contributed by atoms with Gasteiger partial charge in [-0.1, -0.05) is 11.2 Å². The van der Waals surface area contributed by atoms with E-state index in [1.165, 1.54) is 0 Å². The van der Waals surface area contributed by atoms with Gasteiger partial charge in [0.1, 0.15) is 13.2 Å². The Morgan fingerprint density at radius 1 is 1.14 bits per heavy atom. The van der Waals surface area contributed by atoms with Crippen LogP contribution in [0.25, 0.3) is 11.4 Å². The summed E-state index contributed by atoms with van der Waals surface area (Å²) in [6, 6.07) is 9.48. The molecule has 0 saturated carbocycles. The van der Waals surface area contributed by atoms with E-state index in [-0.39, 0.29) is 12.4 Å². The van der Waals surface area contributed by atoms with Crippen molar-refractivity contribution in [2.75, 3.05) is 26.3 Å². The number of rotatable bonds is 4. The van der Waals surface area contributed by atoms with Crippen molar-refractivity contribution in [3.05, 3.63) is 54.2 Å². The van der Waals surface area contributed by atoms with Gasteiger partial charge in [0.05, 0.1) is 0 Å². The summed E-state index contributed by atoms with van der Waals surface area (Å²) in [5.41, 5.74) is 0.0922. The van der Waals surface area contributed by atoms with Crippen LogP contribution in [-0.4, -0.2) is 46.3 Å². The summed E-state index contributed by atoms with van der Waals surface area (Å²) < 4.78 is 32.3. The molecular weight excluding hydrogens is 375 g/mol. The van der Waals surface area contributed by atoms with E-state index in [9.17, 15) is 0 Å². The lowest BCUT2D eigenvalue weighted by molar-refractivity contribution is 0.0123. The maximum atomic E-state index is 15.8. The largest absolute Gasteiger partial charge is 0.486 e. The molecule has 1 aromatic carbocycles. The third kappa shape index (κ3) is 3.67. The Bertz CT molecular complexity index is 997. The summed E-state index contributed by atoms with van der Waals surface area (Å²) in [6.45, 7) is 2.74. The Kier molecular flexibility index (Phi) is 4.63. The van der Waals surface area contributed by atoms with Crippen LogP contribution in [0.2, 0.25) is 0 Å². The maximum absolute atomic E-state index is 15.8. The van der Waals surface area contributed by atoms with E-state index in [2.05, 4.69) is 20.0 Å². The number of alkyl halides is 1. The van der Waals surface area contributed by atoms with E-state index in [0.717, 1.165) is 23.6 Å². The van der Waals surface area contributed by atoms with Crippen LogP contribution in [-0.2, 0) is 12.2 Å². The van der Waals surface area contributed by atoms with Crippen LogP contribution < -0.4 is 9.47 Å². The molecule has 29 heavy (non-hydrogen) atoms. The van der Waals surface area contributed by atoms with Crippen molar-refractivity contribution < 1.29 is 18.4 Å². The number of aromatic nitrogens is 3. The van der Waals surface area contributed by atoms with Crippen molar-refractivity contribution in [2.45, 2.75) is 25.1 Å². The van der Waals surface area contributed by atoms with Crippen LogP contribution in [0.5, 0.6) is 11.5 Å². The van der Waals surface area contributed by atoms with Gasteiger partial charge in [0, 0.05) is 31.0 Å². The van der Waals surface area contributed by atoms with E-state index < -0.39 is 5.67 Å². The fourth-order valence-corrected chi connectivity index (χ4v) is 3.87. The van der Waals surface area contributed by atoms with Gasteiger partial charge in [-0.2, -0.15) is 4.98 Å². The van der Waals surface area contributed by atoms with Crippen LogP contribution in [0.3, 0.4) is 0 Å². The fourth-order valence-electron chi connectivity index (χ4n) is 3.87. The molecule has 150 valence electrons. The first-order valence-electron chi connectivity index (χ1n) is 9.74. The molecule has 1 fully saturated rings. The molecule has 0 bridgehead atoms. The number of halogens is 1. The topological polar surface area (TPSA) is 73.5 Å². The molecule has 7 nitrogen and oxygen atoms in total. The van der Waals surface area contributed by atoms with Gasteiger partial charge in [0.15, 0.2) is 11.5 Å². The van der Waals surface area contributed by atoms with E-state index in [1.54, 1.807) is 18.5 Å². The number of ether oxygens (including phenoxy) is 2. The van der Waals surface area contributed by atoms with Gasteiger partial charge in [-0.25, -0.2) is 4.39 Å². The summed E-state index contributed by atoms with van der Waals surface area (Å²) in [7, 11) is 0.